The molecule has 1 amide bonds. The van der Waals surface area contributed by atoms with E-state index in [1.54, 1.807) is 31.2 Å². The molecule has 0 aliphatic carbocycles. The molecule has 8 heteroatoms. The molecule has 1 saturated heterocycles. The highest BCUT2D eigenvalue weighted by molar-refractivity contribution is 6.30. The molecule has 1 aliphatic rings. The Kier molecular flexibility index (Phi) is 5.89. The Morgan fingerprint density at radius 3 is 2.30 bits per heavy atom. The highest BCUT2D eigenvalue weighted by Crippen LogP contribution is 2.18. The SMILES string of the molecule is C[C@H](C(=O)Nc1ccc(Cl)cc1)N1CCN(CC(F)(F)F)CC1. The number of rotatable bonds is 4. The van der Waals surface area contributed by atoms with E-state index in [0.717, 1.165) is 0 Å². The Labute approximate surface area is 138 Å². The zero-order chi connectivity index (χ0) is 17.0. The van der Waals surface area contributed by atoms with Gasteiger partial charge in [0.25, 0.3) is 0 Å². The first kappa shape index (κ1) is 18.0. The van der Waals surface area contributed by atoms with E-state index in [9.17, 15) is 18.0 Å². The summed E-state index contributed by atoms with van der Waals surface area (Å²) in [5.74, 6) is -0.184. The number of benzene rings is 1. The molecule has 4 nitrogen and oxygen atoms in total. The van der Waals surface area contributed by atoms with Gasteiger partial charge >= 0.3 is 6.18 Å². The normalized spacial score (nSPS) is 18.7. The number of nitrogens with one attached hydrogen (secondary N) is 1. The van der Waals surface area contributed by atoms with Crippen LogP contribution in [0.5, 0.6) is 0 Å². The van der Waals surface area contributed by atoms with Gasteiger partial charge in [-0.25, -0.2) is 0 Å². The van der Waals surface area contributed by atoms with E-state index in [4.69, 9.17) is 11.6 Å². The standard InChI is InChI=1S/C15H19ClF3N3O/c1-11(14(23)20-13-4-2-12(16)3-5-13)22-8-6-21(7-9-22)10-15(17,18)19/h2-5,11H,6-10H2,1H3,(H,20,23)/t11-/m1/s1. The summed E-state index contributed by atoms with van der Waals surface area (Å²) in [5.41, 5.74) is 0.641. The van der Waals surface area contributed by atoms with Crippen LogP contribution in [0.1, 0.15) is 6.92 Å². The molecule has 1 N–H and O–H groups in total. The highest BCUT2D eigenvalue weighted by atomic mass is 35.5. The molecule has 0 spiro atoms. The first-order valence-electron chi connectivity index (χ1n) is 7.34. The summed E-state index contributed by atoms with van der Waals surface area (Å²) < 4.78 is 37.1. The Hall–Kier alpha value is -1.31. The van der Waals surface area contributed by atoms with Crippen LogP contribution in [-0.2, 0) is 4.79 Å². The van der Waals surface area contributed by atoms with Crippen molar-refractivity contribution in [2.24, 2.45) is 0 Å². The van der Waals surface area contributed by atoms with Crippen LogP contribution in [-0.4, -0.2) is 60.6 Å². The molecule has 0 bridgehead atoms. The minimum absolute atomic E-state index is 0.184. The van der Waals surface area contributed by atoms with E-state index >= 15 is 0 Å². The van der Waals surface area contributed by atoms with Crippen molar-refractivity contribution in [1.29, 1.82) is 0 Å². The Balaban J connectivity index is 1.83. The number of carbonyl (C=O) groups is 1. The Bertz CT molecular complexity index is 528. The van der Waals surface area contributed by atoms with E-state index in [1.165, 1.54) is 4.90 Å². The van der Waals surface area contributed by atoms with Gasteiger partial charge in [-0.05, 0) is 31.2 Å². The molecule has 1 fully saturated rings. The summed E-state index contributed by atoms with van der Waals surface area (Å²) in [7, 11) is 0. The fourth-order valence-electron chi connectivity index (χ4n) is 2.51. The third-order valence-electron chi connectivity index (χ3n) is 3.85. The van der Waals surface area contributed by atoms with Crippen molar-refractivity contribution in [3.8, 4) is 0 Å². The van der Waals surface area contributed by atoms with Crippen LogP contribution < -0.4 is 5.32 Å². The maximum Gasteiger partial charge on any atom is 0.401 e. The summed E-state index contributed by atoms with van der Waals surface area (Å²) in [4.78, 5) is 15.5. The van der Waals surface area contributed by atoms with Gasteiger partial charge in [-0.3, -0.25) is 14.6 Å². The summed E-state index contributed by atoms with van der Waals surface area (Å²) in [6.07, 6.45) is -4.18. The smallest absolute Gasteiger partial charge is 0.325 e. The van der Waals surface area contributed by atoms with Gasteiger partial charge in [0, 0.05) is 36.9 Å². The summed E-state index contributed by atoms with van der Waals surface area (Å²) >= 11 is 5.79. The van der Waals surface area contributed by atoms with E-state index in [1.807, 2.05) is 4.90 Å². The van der Waals surface area contributed by atoms with E-state index in [0.29, 0.717) is 36.9 Å². The number of halogens is 4. The maximum absolute atomic E-state index is 12.4. The van der Waals surface area contributed by atoms with Gasteiger partial charge in [0.2, 0.25) is 5.91 Å². The zero-order valence-electron chi connectivity index (χ0n) is 12.7. The molecule has 1 atom stereocenters. The number of alkyl halides is 3. The minimum Gasteiger partial charge on any atom is -0.325 e. The molecule has 1 heterocycles. The van der Waals surface area contributed by atoms with Crippen LogP contribution in [0.4, 0.5) is 18.9 Å². The number of nitrogens with zero attached hydrogens (tertiary/aromatic N) is 2. The third kappa shape index (κ3) is 5.67. The van der Waals surface area contributed by atoms with Crippen molar-refractivity contribution < 1.29 is 18.0 Å². The summed E-state index contributed by atoms with van der Waals surface area (Å²) in [6, 6.07) is 6.36. The van der Waals surface area contributed by atoms with Gasteiger partial charge in [0.1, 0.15) is 0 Å². The Morgan fingerprint density at radius 2 is 1.78 bits per heavy atom. The lowest BCUT2D eigenvalue weighted by Gasteiger charge is -2.37. The van der Waals surface area contributed by atoms with E-state index in [2.05, 4.69) is 5.32 Å². The fraction of sp³-hybridized carbons (Fsp3) is 0.533. The van der Waals surface area contributed by atoms with E-state index < -0.39 is 18.8 Å². The minimum atomic E-state index is -4.18. The number of amides is 1. The first-order valence-corrected chi connectivity index (χ1v) is 7.72. The van der Waals surface area contributed by atoms with E-state index in [-0.39, 0.29) is 5.91 Å². The molecule has 1 aliphatic heterocycles. The fourth-order valence-corrected chi connectivity index (χ4v) is 2.63. The molecule has 128 valence electrons. The second-order valence-corrected chi connectivity index (χ2v) is 6.04. The van der Waals surface area contributed by atoms with Crippen molar-refractivity contribution in [2.45, 2.75) is 19.1 Å². The molecule has 2 rings (SSSR count). The van der Waals surface area contributed by atoms with Gasteiger partial charge in [-0.2, -0.15) is 13.2 Å². The lowest BCUT2D eigenvalue weighted by molar-refractivity contribution is -0.150. The van der Waals surface area contributed by atoms with Gasteiger partial charge < -0.3 is 5.32 Å². The van der Waals surface area contributed by atoms with Crippen molar-refractivity contribution in [1.82, 2.24) is 9.80 Å². The number of piperazine rings is 1. The molecule has 23 heavy (non-hydrogen) atoms. The molecular weight excluding hydrogens is 331 g/mol. The maximum atomic E-state index is 12.4. The molecule has 0 radical (unpaired) electrons. The van der Waals surface area contributed by atoms with Crippen LogP contribution in [0.25, 0.3) is 0 Å². The van der Waals surface area contributed by atoms with Crippen molar-refractivity contribution in [3.63, 3.8) is 0 Å². The number of anilines is 1. The first-order chi connectivity index (χ1) is 10.7. The quantitative estimate of drug-likeness (QED) is 0.908. The predicted octanol–water partition coefficient (Wildman–Crippen LogP) is 2.85. The van der Waals surface area contributed by atoms with Crippen molar-refractivity contribution in [2.75, 3.05) is 38.0 Å². The van der Waals surface area contributed by atoms with Crippen LogP contribution in [0.3, 0.4) is 0 Å². The Morgan fingerprint density at radius 1 is 1.22 bits per heavy atom. The van der Waals surface area contributed by atoms with Gasteiger partial charge in [-0.15, -0.1) is 0 Å². The zero-order valence-corrected chi connectivity index (χ0v) is 13.5. The summed E-state index contributed by atoms with van der Waals surface area (Å²) in [6.45, 7) is 2.34. The lowest BCUT2D eigenvalue weighted by Crippen LogP contribution is -2.54. The second kappa shape index (κ2) is 7.51. The average Bonchev–Trinajstić information content (AvgIpc) is 2.48. The topological polar surface area (TPSA) is 35.6 Å². The lowest BCUT2D eigenvalue weighted by atomic mass is 10.2. The van der Waals surface area contributed by atoms with Crippen LogP contribution in [0.2, 0.25) is 5.02 Å². The number of carbonyl (C=O) groups excluding carboxylic acids is 1. The summed E-state index contributed by atoms with van der Waals surface area (Å²) in [5, 5.41) is 3.36. The third-order valence-corrected chi connectivity index (χ3v) is 4.10. The number of hydrogen-bond donors (Lipinski definition) is 1. The van der Waals surface area contributed by atoms with Gasteiger partial charge in [0.05, 0.1) is 12.6 Å². The van der Waals surface area contributed by atoms with Crippen LogP contribution >= 0.6 is 11.6 Å². The number of hydrogen-bond acceptors (Lipinski definition) is 3. The largest absolute Gasteiger partial charge is 0.401 e. The van der Waals surface area contributed by atoms with Crippen molar-refractivity contribution in [3.05, 3.63) is 29.3 Å². The molecule has 0 unspecified atom stereocenters. The van der Waals surface area contributed by atoms with Crippen LogP contribution in [0, 0.1) is 0 Å². The molecule has 1 aromatic carbocycles. The van der Waals surface area contributed by atoms with Crippen LogP contribution in [0.15, 0.2) is 24.3 Å². The molecule has 0 aromatic heterocycles. The molecule has 1 aromatic rings. The van der Waals surface area contributed by atoms with Gasteiger partial charge in [-0.1, -0.05) is 11.6 Å². The molecular formula is C15H19ClF3N3O. The second-order valence-electron chi connectivity index (χ2n) is 5.60. The van der Waals surface area contributed by atoms with Crippen molar-refractivity contribution >= 4 is 23.2 Å². The molecule has 0 saturated carbocycles. The predicted molar refractivity (Wildman–Crippen MR) is 83.6 cm³/mol. The average molecular weight is 350 g/mol. The highest BCUT2D eigenvalue weighted by Gasteiger charge is 2.33. The van der Waals surface area contributed by atoms with Gasteiger partial charge in [0.15, 0.2) is 0 Å². The monoisotopic (exact) mass is 349 g/mol.